The van der Waals surface area contributed by atoms with Crippen molar-refractivity contribution >= 4 is 22.3 Å². The van der Waals surface area contributed by atoms with E-state index in [1.807, 2.05) is 20.2 Å². The minimum Gasteiger partial charge on any atom is -0.390 e. The summed E-state index contributed by atoms with van der Waals surface area (Å²) in [6, 6.07) is 2.01. The second-order valence-corrected chi connectivity index (χ2v) is 4.81. The van der Waals surface area contributed by atoms with E-state index in [2.05, 4.69) is 17.1 Å². The molecular weight excluding hydrogens is 224 g/mol. The van der Waals surface area contributed by atoms with E-state index in [1.165, 1.54) is 4.88 Å². The van der Waals surface area contributed by atoms with E-state index in [0.29, 0.717) is 11.8 Å². The van der Waals surface area contributed by atoms with Crippen molar-refractivity contribution in [3.05, 3.63) is 10.9 Å². The van der Waals surface area contributed by atoms with Crippen molar-refractivity contribution < 1.29 is 4.52 Å². The molecule has 2 aromatic rings. The van der Waals surface area contributed by atoms with E-state index in [-0.39, 0.29) is 0 Å². The monoisotopic (exact) mass is 238 g/mol. The van der Waals surface area contributed by atoms with Crippen LogP contribution >= 0.6 is 11.3 Å². The van der Waals surface area contributed by atoms with Gasteiger partial charge in [0.05, 0.1) is 10.6 Å². The van der Waals surface area contributed by atoms with Gasteiger partial charge in [0, 0.05) is 19.0 Å². The third-order valence-corrected chi connectivity index (χ3v) is 3.31. The van der Waals surface area contributed by atoms with Gasteiger partial charge in [-0.1, -0.05) is 6.92 Å². The van der Waals surface area contributed by atoms with Crippen molar-refractivity contribution in [3.63, 3.8) is 0 Å². The van der Waals surface area contributed by atoms with Crippen molar-refractivity contribution in [2.75, 3.05) is 24.7 Å². The van der Waals surface area contributed by atoms with Crippen LogP contribution in [-0.4, -0.2) is 24.2 Å². The predicted octanol–water partition coefficient (Wildman–Crippen LogP) is 2.01. The molecule has 0 spiro atoms. The third-order valence-electron chi connectivity index (χ3n) is 2.21. The molecule has 0 radical (unpaired) electrons. The van der Waals surface area contributed by atoms with E-state index in [9.17, 15) is 0 Å². The third kappa shape index (κ3) is 1.88. The maximum absolute atomic E-state index is 5.91. The van der Waals surface area contributed by atoms with Crippen molar-refractivity contribution in [2.24, 2.45) is 0 Å². The summed E-state index contributed by atoms with van der Waals surface area (Å²) in [5.41, 5.74) is 6.75. The van der Waals surface area contributed by atoms with Gasteiger partial charge in [0.25, 0.3) is 11.8 Å². The molecule has 16 heavy (non-hydrogen) atoms. The summed E-state index contributed by atoms with van der Waals surface area (Å²) in [6.07, 6.45) is 0.962. The Morgan fingerprint density at radius 2 is 2.25 bits per heavy atom. The summed E-state index contributed by atoms with van der Waals surface area (Å²) in [5.74, 6) is 1.04. The number of nitrogen functional groups attached to an aromatic ring is 1. The summed E-state index contributed by atoms with van der Waals surface area (Å²) in [7, 11) is 3.73. The molecule has 86 valence electrons. The lowest BCUT2D eigenvalue weighted by atomic mass is 10.2. The fourth-order valence-electron chi connectivity index (χ4n) is 1.31. The molecule has 2 heterocycles. The van der Waals surface area contributed by atoms with Gasteiger partial charge in [-0.2, -0.15) is 4.98 Å². The van der Waals surface area contributed by atoms with Crippen molar-refractivity contribution in [3.8, 4) is 11.5 Å². The SMILES string of the molecule is CCc1cc(-c2nc(N(C)C)no2)c(N)s1. The normalized spacial score (nSPS) is 10.7. The molecular formula is C10H14N4OS. The average molecular weight is 238 g/mol. The summed E-state index contributed by atoms with van der Waals surface area (Å²) >= 11 is 1.56. The van der Waals surface area contributed by atoms with Crippen LogP contribution in [0.25, 0.3) is 11.5 Å². The topological polar surface area (TPSA) is 68.2 Å². The minimum atomic E-state index is 0.483. The average Bonchev–Trinajstić information content (AvgIpc) is 2.83. The number of hydrogen-bond donors (Lipinski definition) is 1. The summed E-state index contributed by atoms with van der Waals surface area (Å²) in [5, 5.41) is 4.58. The highest BCUT2D eigenvalue weighted by Crippen LogP contribution is 2.33. The standard InChI is InChI=1S/C10H14N4OS/c1-4-6-5-7(8(11)16-6)9-12-10(13-15-9)14(2)3/h5H,4,11H2,1-3H3. The molecule has 2 aromatic heterocycles. The van der Waals surface area contributed by atoms with E-state index >= 15 is 0 Å². The maximum Gasteiger partial charge on any atom is 0.265 e. The lowest BCUT2D eigenvalue weighted by Gasteiger charge is -2.02. The zero-order valence-corrected chi connectivity index (χ0v) is 10.3. The van der Waals surface area contributed by atoms with Crippen molar-refractivity contribution in [2.45, 2.75) is 13.3 Å². The first-order valence-electron chi connectivity index (χ1n) is 5.01. The molecule has 2 rings (SSSR count). The van der Waals surface area contributed by atoms with E-state index in [4.69, 9.17) is 10.3 Å². The number of rotatable bonds is 3. The molecule has 0 aromatic carbocycles. The molecule has 0 aliphatic carbocycles. The first-order chi connectivity index (χ1) is 7.61. The summed E-state index contributed by atoms with van der Waals surface area (Å²) in [6.45, 7) is 2.09. The molecule has 0 saturated heterocycles. The van der Waals surface area contributed by atoms with Crippen LogP contribution in [0.3, 0.4) is 0 Å². The Morgan fingerprint density at radius 3 is 2.75 bits per heavy atom. The molecule has 0 bridgehead atoms. The van der Waals surface area contributed by atoms with Crippen LogP contribution in [0, 0.1) is 0 Å². The molecule has 5 nitrogen and oxygen atoms in total. The highest BCUT2D eigenvalue weighted by molar-refractivity contribution is 7.16. The molecule has 0 aliphatic rings. The highest BCUT2D eigenvalue weighted by atomic mass is 32.1. The Labute approximate surface area is 97.9 Å². The van der Waals surface area contributed by atoms with Crippen LogP contribution < -0.4 is 10.6 Å². The Bertz CT molecular complexity index is 489. The van der Waals surface area contributed by atoms with Gasteiger partial charge in [-0.05, 0) is 17.6 Å². The van der Waals surface area contributed by atoms with Crippen LogP contribution in [0.15, 0.2) is 10.6 Å². The number of nitrogens with zero attached hydrogens (tertiary/aromatic N) is 3. The van der Waals surface area contributed by atoms with E-state index in [1.54, 1.807) is 16.2 Å². The van der Waals surface area contributed by atoms with Gasteiger partial charge >= 0.3 is 0 Å². The number of anilines is 2. The fourth-order valence-corrected chi connectivity index (χ4v) is 2.17. The molecule has 6 heteroatoms. The number of aromatic nitrogens is 2. The Kier molecular flexibility index (Phi) is 2.82. The summed E-state index contributed by atoms with van der Waals surface area (Å²) in [4.78, 5) is 7.27. The Morgan fingerprint density at radius 1 is 1.50 bits per heavy atom. The van der Waals surface area contributed by atoms with Gasteiger partial charge in [0.1, 0.15) is 0 Å². The molecule has 0 fully saturated rings. The molecule has 0 atom stereocenters. The molecule has 0 amide bonds. The van der Waals surface area contributed by atoms with Crippen molar-refractivity contribution in [1.29, 1.82) is 0 Å². The van der Waals surface area contributed by atoms with Gasteiger partial charge in [-0.3, -0.25) is 0 Å². The second kappa shape index (κ2) is 4.13. The first-order valence-corrected chi connectivity index (χ1v) is 5.83. The smallest absolute Gasteiger partial charge is 0.265 e. The molecule has 0 aliphatic heterocycles. The number of thiophene rings is 1. The van der Waals surface area contributed by atoms with E-state index in [0.717, 1.165) is 17.0 Å². The van der Waals surface area contributed by atoms with Gasteiger partial charge in [0.2, 0.25) is 0 Å². The predicted molar refractivity (Wildman–Crippen MR) is 65.7 cm³/mol. The zero-order chi connectivity index (χ0) is 11.7. The number of aryl methyl sites for hydroxylation is 1. The molecule has 0 saturated carbocycles. The van der Waals surface area contributed by atoms with E-state index < -0.39 is 0 Å². The highest BCUT2D eigenvalue weighted by Gasteiger charge is 2.15. The first kappa shape index (κ1) is 10.9. The fraction of sp³-hybridized carbons (Fsp3) is 0.400. The molecule has 0 unspecified atom stereocenters. The van der Waals surface area contributed by atoms with Crippen LogP contribution in [-0.2, 0) is 6.42 Å². The zero-order valence-electron chi connectivity index (χ0n) is 9.52. The Hall–Kier alpha value is -1.56. The second-order valence-electron chi connectivity index (χ2n) is 3.64. The van der Waals surface area contributed by atoms with Gasteiger partial charge in [-0.25, -0.2) is 0 Å². The number of hydrogen-bond acceptors (Lipinski definition) is 6. The lowest BCUT2D eigenvalue weighted by molar-refractivity contribution is 0.431. The minimum absolute atomic E-state index is 0.483. The maximum atomic E-state index is 5.91. The van der Waals surface area contributed by atoms with Crippen molar-refractivity contribution in [1.82, 2.24) is 10.1 Å². The molecule has 2 N–H and O–H groups in total. The largest absolute Gasteiger partial charge is 0.390 e. The van der Waals surface area contributed by atoms with Crippen LogP contribution in [0.1, 0.15) is 11.8 Å². The van der Waals surface area contributed by atoms with Crippen LogP contribution in [0.5, 0.6) is 0 Å². The van der Waals surface area contributed by atoms with Crippen LogP contribution in [0.4, 0.5) is 10.9 Å². The number of nitrogens with two attached hydrogens (primary N) is 1. The van der Waals surface area contributed by atoms with Gasteiger partial charge in [0.15, 0.2) is 0 Å². The Balaban J connectivity index is 2.38. The van der Waals surface area contributed by atoms with Gasteiger partial charge in [-0.15, -0.1) is 11.3 Å². The van der Waals surface area contributed by atoms with Crippen LogP contribution in [0.2, 0.25) is 0 Å². The lowest BCUT2D eigenvalue weighted by Crippen LogP contribution is -2.10. The summed E-state index contributed by atoms with van der Waals surface area (Å²) < 4.78 is 5.17. The quantitative estimate of drug-likeness (QED) is 0.885. The van der Waals surface area contributed by atoms with Gasteiger partial charge < -0.3 is 15.2 Å².